The van der Waals surface area contributed by atoms with Gasteiger partial charge in [0, 0.05) is 0 Å². The molecule has 0 radical (unpaired) electrons. The highest BCUT2D eigenvalue weighted by Gasteiger charge is 2.24. The summed E-state index contributed by atoms with van der Waals surface area (Å²) in [6.45, 7) is 3.86. The highest BCUT2D eigenvalue weighted by atomic mass is 31.2. The molecule has 0 aromatic carbocycles. The van der Waals surface area contributed by atoms with Gasteiger partial charge in [0.1, 0.15) is 0 Å². The minimum atomic E-state index is -3.47. The normalized spacial score (nSPS) is 10.9. The summed E-state index contributed by atoms with van der Waals surface area (Å²) in [5.74, 6) is 0. The molecule has 0 aromatic heterocycles. The van der Waals surface area contributed by atoms with Crippen molar-refractivity contribution in [3.05, 3.63) is 0 Å². The van der Waals surface area contributed by atoms with Gasteiger partial charge in [-0.2, -0.15) is 0 Å². The first kappa shape index (κ1) is 13.4. The Morgan fingerprint density at radius 3 is 1.86 bits per heavy atom. The SMILES string of the molecule is CCOP(=O)(N=C(OC)OC)OCC. The Hall–Kier alpha value is -0.580. The molecule has 0 fully saturated rings. The van der Waals surface area contributed by atoms with Crippen LogP contribution >= 0.6 is 7.75 Å². The van der Waals surface area contributed by atoms with Gasteiger partial charge in [-0.05, 0) is 13.8 Å². The van der Waals surface area contributed by atoms with E-state index in [9.17, 15) is 4.57 Å². The van der Waals surface area contributed by atoms with Crippen LogP contribution in [-0.4, -0.2) is 33.5 Å². The smallest absolute Gasteiger partial charge is 0.454 e. The van der Waals surface area contributed by atoms with E-state index in [-0.39, 0.29) is 19.3 Å². The molecule has 0 aliphatic rings. The molecule has 14 heavy (non-hydrogen) atoms. The van der Waals surface area contributed by atoms with Gasteiger partial charge < -0.3 is 9.47 Å². The molecule has 7 heteroatoms. The fourth-order valence-electron chi connectivity index (χ4n) is 0.686. The summed E-state index contributed by atoms with van der Waals surface area (Å²) in [5.41, 5.74) is 0. The maximum absolute atomic E-state index is 11.7. The summed E-state index contributed by atoms with van der Waals surface area (Å²) in [5, 5.41) is 0. The predicted molar refractivity (Wildman–Crippen MR) is 52.3 cm³/mol. The van der Waals surface area contributed by atoms with Crippen molar-refractivity contribution < 1.29 is 23.1 Å². The molecule has 0 amide bonds. The van der Waals surface area contributed by atoms with Crippen molar-refractivity contribution in [2.24, 2.45) is 4.76 Å². The van der Waals surface area contributed by atoms with Crippen molar-refractivity contribution in [2.45, 2.75) is 13.8 Å². The number of hydrogen-bond donors (Lipinski definition) is 0. The van der Waals surface area contributed by atoms with Gasteiger partial charge in [-0.1, -0.05) is 0 Å². The second-order valence-electron chi connectivity index (χ2n) is 2.08. The number of rotatable bonds is 5. The molecule has 0 aromatic rings. The van der Waals surface area contributed by atoms with Gasteiger partial charge in [0.15, 0.2) is 0 Å². The van der Waals surface area contributed by atoms with Crippen molar-refractivity contribution >= 4 is 13.8 Å². The van der Waals surface area contributed by atoms with Gasteiger partial charge in [0.2, 0.25) is 0 Å². The third-order valence-electron chi connectivity index (χ3n) is 1.14. The van der Waals surface area contributed by atoms with Crippen LogP contribution in [0.25, 0.3) is 0 Å². The van der Waals surface area contributed by atoms with Crippen LogP contribution < -0.4 is 0 Å². The van der Waals surface area contributed by atoms with Crippen molar-refractivity contribution in [3.8, 4) is 0 Å². The van der Waals surface area contributed by atoms with Crippen LogP contribution in [0, 0.1) is 0 Å². The van der Waals surface area contributed by atoms with E-state index in [1.54, 1.807) is 13.8 Å². The number of methoxy groups -OCH3 is 2. The van der Waals surface area contributed by atoms with Gasteiger partial charge >= 0.3 is 13.8 Å². The van der Waals surface area contributed by atoms with Crippen LogP contribution in [0.3, 0.4) is 0 Å². The lowest BCUT2D eigenvalue weighted by Gasteiger charge is -2.12. The van der Waals surface area contributed by atoms with Crippen LogP contribution in [-0.2, 0) is 23.1 Å². The van der Waals surface area contributed by atoms with Crippen LogP contribution in [0.5, 0.6) is 0 Å². The number of hydrogen-bond acceptors (Lipinski definition) is 5. The molecule has 0 unspecified atom stereocenters. The minimum absolute atomic E-state index is 0.129. The maximum atomic E-state index is 11.7. The van der Waals surface area contributed by atoms with Crippen molar-refractivity contribution in [1.29, 1.82) is 0 Å². The van der Waals surface area contributed by atoms with Gasteiger partial charge in [-0.3, -0.25) is 9.05 Å². The Morgan fingerprint density at radius 1 is 1.14 bits per heavy atom. The minimum Gasteiger partial charge on any atom is -0.454 e. The van der Waals surface area contributed by atoms with Gasteiger partial charge in [-0.15, -0.1) is 4.76 Å². The Bertz CT molecular complexity index is 214. The van der Waals surface area contributed by atoms with Crippen LogP contribution in [0.15, 0.2) is 4.76 Å². The molecule has 0 aliphatic carbocycles. The van der Waals surface area contributed by atoms with E-state index in [4.69, 9.17) is 9.05 Å². The molecule has 6 nitrogen and oxygen atoms in total. The zero-order valence-corrected chi connectivity index (χ0v) is 9.74. The molecule has 0 bridgehead atoms. The molecule has 0 spiro atoms. The fourth-order valence-corrected chi connectivity index (χ4v) is 1.89. The second-order valence-corrected chi connectivity index (χ2v) is 3.73. The molecule has 0 N–H and O–H groups in total. The lowest BCUT2D eigenvalue weighted by atomic mass is 10.9. The number of ether oxygens (including phenoxy) is 2. The zero-order valence-electron chi connectivity index (χ0n) is 8.85. The molecule has 0 atom stereocenters. The Labute approximate surface area is 83.8 Å². The summed E-state index contributed by atoms with van der Waals surface area (Å²) in [4.78, 5) is 0. The van der Waals surface area contributed by atoms with Crippen molar-refractivity contribution in [2.75, 3.05) is 27.4 Å². The highest BCUT2D eigenvalue weighted by Crippen LogP contribution is 2.49. The van der Waals surface area contributed by atoms with Gasteiger partial charge in [0.25, 0.3) is 0 Å². The van der Waals surface area contributed by atoms with Crippen molar-refractivity contribution in [1.82, 2.24) is 0 Å². The third-order valence-corrected chi connectivity index (χ3v) is 2.72. The topological polar surface area (TPSA) is 66.4 Å². The van der Waals surface area contributed by atoms with E-state index in [1.165, 1.54) is 14.2 Å². The second kappa shape index (κ2) is 6.81. The van der Waals surface area contributed by atoms with E-state index in [0.29, 0.717) is 0 Å². The average Bonchev–Trinajstić information content (AvgIpc) is 2.15. The molecule has 0 aliphatic heterocycles. The first-order chi connectivity index (χ1) is 6.61. The van der Waals surface area contributed by atoms with E-state index in [2.05, 4.69) is 14.2 Å². The molecule has 0 saturated heterocycles. The monoisotopic (exact) mass is 225 g/mol. The fraction of sp³-hybridized carbons (Fsp3) is 0.857. The van der Waals surface area contributed by atoms with Crippen molar-refractivity contribution in [3.63, 3.8) is 0 Å². The molecular weight excluding hydrogens is 209 g/mol. The van der Waals surface area contributed by atoms with E-state index in [0.717, 1.165) is 0 Å². The van der Waals surface area contributed by atoms with Crippen LogP contribution in [0.1, 0.15) is 13.8 Å². The van der Waals surface area contributed by atoms with Crippen LogP contribution in [0.4, 0.5) is 0 Å². The third kappa shape index (κ3) is 4.60. The summed E-state index contributed by atoms with van der Waals surface area (Å²) >= 11 is 0. The quantitative estimate of drug-likeness (QED) is 0.405. The average molecular weight is 225 g/mol. The zero-order chi connectivity index (χ0) is 11.0. The Kier molecular flexibility index (Phi) is 6.53. The molecular formula is C7H16NO5P. The Morgan fingerprint density at radius 2 is 1.57 bits per heavy atom. The van der Waals surface area contributed by atoms with E-state index < -0.39 is 7.75 Å². The van der Waals surface area contributed by atoms with Gasteiger partial charge in [-0.25, -0.2) is 4.57 Å². The maximum Gasteiger partial charge on any atom is 0.459 e. The first-order valence-electron chi connectivity index (χ1n) is 4.19. The number of nitrogens with zero attached hydrogens (tertiary/aromatic N) is 1. The van der Waals surface area contributed by atoms with E-state index >= 15 is 0 Å². The van der Waals surface area contributed by atoms with E-state index in [1.807, 2.05) is 0 Å². The summed E-state index contributed by atoms with van der Waals surface area (Å²) in [6.07, 6.45) is -0.129. The van der Waals surface area contributed by atoms with Crippen LogP contribution in [0.2, 0.25) is 0 Å². The first-order valence-corrected chi connectivity index (χ1v) is 5.68. The summed E-state index contributed by atoms with van der Waals surface area (Å²) < 4.78 is 34.5. The standard InChI is InChI=1S/C7H16NO5P/c1-5-12-14(9,13-6-2)8-7(10-3)11-4/h5-6H2,1-4H3. The lowest BCUT2D eigenvalue weighted by molar-refractivity contribution is 0.211. The molecule has 84 valence electrons. The van der Waals surface area contributed by atoms with Gasteiger partial charge in [0.05, 0.1) is 27.4 Å². The predicted octanol–water partition coefficient (Wildman–Crippen LogP) is 1.82. The highest BCUT2D eigenvalue weighted by molar-refractivity contribution is 7.52. The summed E-state index contributed by atoms with van der Waals surface area (Å²) in [7, 11) is -0.767. The Balaban J connectivity index is 4.64. The molecule has 0 rings (SSSR count). The largest absolute Gasteiger partial charge is 0.459 e. The lowest BCUT2D eigenvalue weighted by Crippen LogP contribution is -2.05. The molecule has 0 heterocycles. The molecule has 0 saturated carbocycles. The summed E-state index contributed by atoms with van der Waals surface area (Å²) in [6, 6.07) is 0.